The fraction of sp³-hybridized carbons (Fsp3) is 1.00. The molecule has 0 amide bonds. The Labute approximate surface area is 69.7 Å². The van der Waals surface area contributed by atoms with Crippen LogP contribution in [0.4, 0.5) is 0 Å². The Hall–Kier alpha value is 0.790. The van der Waals surface area contributed by atoms with E-state index in [1.807, 2.05) is 11.8 Å². The molecule has 0 saturated carbocycles. The van der Waals surface area contributed by atoms with Crippen LogP contribution in [0.25, 0.3) is 0 Å². The summed E-state index contributed by atoms with van der Waals surface area (Å²) in [5, 5.41) is 1.10. The molecule has 1 nitrogen and oxygen atoms in total. The summed E-state index contributed by atoms with van der Waals surface area (Å²) in [5.74, 6) is 2.43. The zero-order valence-electron chi connectivity index (χ0n) is 5.73. The van der Waals surface area contributed by atoms with Crippen LogP contribution in [-0.2, 0) is 4.74 Å². The molecule has 0 aromatic heterocycles. The second kappa shape index (κ2) is 8.79. The Morgan fingerprint density at radius 2 is 2.22 bits per heavy atom. The van der Waals surface area contributed by atoms with Gasteiger partial charge in [0.1, 0.15) is 0 Å². The van der Waals surface area contributed by atoms with Crippen molar-refractivity contribution in [1.29, 1.82) is 0 Å². The van der Waals surface area contributed by atoms with Gasteiger partial charge in [-0.3, -0.25) is 0 Å². The predicted octanol–water partition coefficient (Wildman–Crippen LogP) is 2.15. The predicted molar refractivity (Wildman–Crippen MR) is 47.6 cm³/mol. The first kappa shape index (κ1) is 9.79. The largest absolute Gasteiger partial charge is 0.385 e. The summed E-state index contributed by atoms with van der Waals surface area (Å²) in [7, 11) is 1.75. The molecule has 0 atom stereocenters. The highest BCUT2D eigenvalue weighted by Gasteiger charge is 1.86. The maximum absolute atomic E-state index is 4.90. The number of alkyl halides is 1. The molecule has 0 N–H and O–H groups in total. The van der Waals surface area contributed by atoms with Gasteiger partial charge in [0.15, 0.2) is 0 Å². The first-order valence-electron chi connectivity index (χ1n) is 3.04. The van der Waals surface area contributed by atoms with Crippen LogP contribution in [-0.4, -0.2) is 30.6 Å². The van der Waals surface area contributed by atoms with Crippen molar-refractivity contribution in [2.45, 2.75) is 6.42 Å². The third-order valence-electron chi connectivity index (χ3n) is 0.859. The minimum absolute atomic E-state index is 0.898. The first-order chi connectivity index (χ1) is 4.41. The minimum atomic E-state index is 0.898. The SMILES string of the molecule is COCCCSCCBr. The van der Waals surface area contributed by atoms with Crippen molar-refractivity contribution < 1.29 is 4.74 Å². The van der Waals surface area contributed by atoms with E-state index in [2.05, 4.69) is 15.9 Å². The molecule has 0 aliphatic rings. The fourth-order valence-electron chi connectivity index (χ4n) is 0.462. The molecule has 0 saturated heterocycles. The van der Waals surface area contributed by atoms with E-state index in [0.29, 0.717) is 0 Å². The number of hydrogen-bond acceptors (Lipinski definition) is 2. The highest BCUT2D eigenvalue weighted by Crippen LogP contribution is 2.02. The van der Waals surface area contributed by atoms with Gasteiger partial charge in [-0.1, -0.05) is 15.9 Å². The fourth-order valence-corrected chi connectivity index (χ4v) is 1.78. The Balaban J connectivity index is 2.60. The molecule has 0 bridgehead atoms. The summed E-state index contributed by atoms with van der Waals surface area (Å²) >= 11 is 5.33. The molecule has 0 unspecified atom stereocenters. The van der Waals surface area contributed by atoms with Crippen molar-refractivity contribution >= 4 is 27.7 Å². The molecule has 0 aliphatic carbocycles. The number of rotatable bonds is 6. The van der Waals surface area contributed by atoms with Crippen LogP contribution in [0, 0.1) is 0 Å². The van der Waals surface area contributed by atoms with Crippen LogP contribution in [0.15, 0.2) is 0 Å². The van der Waals surface area contributed by atoms with Crippen molar-refractivity contribution in [2.24, 2.45) is 0 Å². The Kier molecular flexibility index (Phi) is 9.56. The topological polar surface area (TPSA) is 9.23 Å². The molecule has 56 valence electrons. The summed E-state index contributed by atoms with van der Waals surface area (Å²) in [6.07, 6.45) is 1.17. The molecular weight excluding hydrogens is 200 g/mol. The molecule has 0 aromatic rings. The van der Waals surface area contributed by atoms with Gasteiger partial charge in [-0.25, -0.2) is 0 Å². The van der Waals surface area contributed by atoms with E-state index in [1.165, 1.54) is 17.9 Å². The third-order valence-corrected chi connectivity index (χ3v) is 2.85. The Bertz CT molecular complexity index is 46.3. The van der Waals surface area contributed by atoms with Gasteiger partial charge in [0.05, 0.1) is 0 Å². The highest BCUT2D eigenvalue weighted by atomic mass is 79.9. The summed E-state index contributed by atoms with van der Waals surface area (Å²) < 4.78 is 4.90. The smallest absolute Gasteiger partial charge is 0.0470 e. The Morgan fingerprint density at radius 3 is 2.78 bits per heavy atom. The lowest BCUT2D eigenvalue weighted by molar-refractivity contribution is 0.200. The summed E-state index contributed by atoms with van der Waals surface area (Å²) in [5.41, 5.74) is 0. The zero-order valence-corrected chi connectivity index (χ0v) is 8.13. The van der Waals surface area contributed by atoms with Gasteiger partial charge in [0.2, 0.25) is 0 Å². The summed E-state index contributed by atoms with van der Waals surface area (Å²) in [6.45, 7) is 0.898. The number of methoxy groups -OCH3 is 1. The number of halogens is 1. The van der Waals surface area contributed by atoms with E-state index >= 15 is 0 Å². The van der Waals surface area contributed by atoms with Gasteiger partial charge >= 0.3 is 0 Å². The van der Waals surface area contributed by atoms with Gasteiger partial charge in [0, 0.05) is 24.8 Å². The molecule has 0 aromatic carbocycles. The van der Waals surface area contributed by atoms with Gasteiger partial charge in [-0.15, -0.1) is 0 Å². The van der Waals surface area contributed by atoms with Crippen molar-refractivity contribution in [3.63, 3.8) is 0 Å². The molecule has 0 radical (unpaired) electrons. The Morgan fingerprint density at radius 1 is 1.44 bits per heavy atom. The lowest BCUT2D eigenvalue weighted by Gasteiger charge is -1.96. The summed E-state index contributed by atoms with van der Waals surface area (Å²) in [6, 6.07) is 0. The standard InChI is InChI=1S/C6H13BrOS/c1-8-4-2-5-9-6-3-7/h2-6H2,1H3. The van der Waals surface area contributed by atoms with E-state index in [1.54, 1.807) is 7.11 Å². The first-order valence-corrected chi connectivity index (χ1v) is 5.32. The number of thioether (sulfide) groups is 1. The molecule has 0 rings (SSSR count). The van der Waals surface area contributed by atoms with Crippen LogP contribution in [0.2, 0.25) is 0 Å². The average molecular weight is 213 g/mol. The van der Waals surface area contributed by atoms with E-state index in [4.69, 9.17) is 4.74 Å². The van der Waals surface area contributed by atoms with Gasteiger partial charge in [0.25, 0.3) is 0 Å². The van der Waals surface area contributed by atoms with Crippen LogP contribution in [0.5, 0.6) is 0 Å². The van der Waals surface area contributed by atoms with Gasteiger partial charge in [-0.2, -0.15) is 11.8 Å². The van der Waals surface area contributed by atoms with Crippen molar-refractivity contribution in [3.05, 3.63) is 0 Å². The number of hydrogen-bond donors (Lipinski definition) is 0. The minimum Gasteiger partial charge on any atom is -0.385 e. The van der Waals surface area contributed by atoms with Crippen LogP contribution in [0.1, 0.15) is 6.42 Å². The van der Waals surface area contributed by atoms with Gasteiger partial charge < -0.3 is 4.74 Å². The van der Waals surface area contributed by atoms with Crippen molar-refractivity contribution in [1.82, 2.24) is 0 Å². The quantitative estimate of drug-likeness (QED) is 0.494. The molecular formula is C6H13BrOS. The third kappa shape index (κ3) is 8.79. The monoisotopic (exact) mass is 212 g/mol. The maximum atomic E-state index is 4.90. The average Bonchev–Trinajstić information content (AvgIpc) is 1.89. The maximum Gasteiger partial charge on any atom is 0.0470 e. The van der Waals surface area contributed by atoms with Gasteiger partial charge in [-0.05, 0) is 12.2 Å². The lowest BCUT2D eigenvalue weighted by Crippen LogP contribution is -1.91. The van der Waals surface area contributed by atoms with Crippen LogP contribution in [0.3, 0.4) is 0 Å². The van der Waals surface area contributed by atoms with Crippen LogP contribution >= 0.6 is 27.7 Å². The van der Waals surface area contributed by atoms with E-state index in [9.17, 15) is 0 Å². The molecule has 0 heterocycles. The zero-order chi connectivity index (χ0) is 6.95. The second-order valence-corrected chi connectivity index (χ2v) is 3.67. The van der Waals surface area contributed by atoms with E-state index in [0.717, 1.165) is 11.9 Å². The number of ether oxygens (including phenoxy) is 1. The normalized spacial score (nSPS) is 10.0. The molecule has 9 heavy (non-hydrogen) atoms. The van der Waals surface area contributed by atoms with Crippen LogP contribution < -0.4 is 0 Å². The highest BCUT2D eigenvalue weighted by molar-refractivity contribution is 9.09. The lowest BCUT2D eigenvalue weighted by atomic mass is 10.5. The second-order valence-electron chi connectivity index (χ2n) is 1.65. The molecule has 0 spiro atoms. The molecule has 0 fully saturated rings. The van der Waals surface area contributed by atoms with E-state index < -0.39 is 0 Å². The summed E-state index contributed by atoms with van der Waals surface area (Å²) in [4.78, 5) is 0. The van der Waals surface area contributed by atoms with Crippen molar-refractivity contribution in [2.75, 3.05) is 30.6 Å². The molecule has 3 heteroatoms. The van der Waals surface area contributed by atoms with E-state index in [-0.39, 0.29) is 0 Å². The molecule has 0 aliphatic heterocycles. The van der Waals surface area contributed by atoms with Crippen molar-refractivity contribution in [3.8, 4) is 0 Å².